The molecule has 108 valence electrons. The Labute approximate surface area is 114 Å². The Morgan fingerprint density at radius 1 is 1.17 bits per heavy atom. The average molecular weight is 255 g/mol. The van der Waals surface area contributed by atoms with E-state index >= 15 is 0 Å². The van der Waals surface area contributed by atoms with Gasteiger partial charge in [-0.05, 0) is 60.2 Å². The van der Waals surface area contributed by atoms with E-state index in [1.54, 1.807) is 0 Å². The molecule has 0 atom stereocenters. The maximum absolute atomic E-state index is 3.78. The summed E-state index contributed by atoms with van der Waals surface area (Å²) in [6.07, 6.45) is 2.47. The lowest BCUT2D eigenvalue weighted by atomic mass is 9.96. The number of nitrogens with zero attached hydrogens (tertiary/aromatic N) is 1. The van der Waals surface area contributed by atoms with E-state index in [0.29, 0.717) is 6.04 Å². The first-order chi connectivity index (χ1) is 8.20. The molecule has 1 heterocycles. The molecule has 18 heavy (non-hydrogen) atoms. The lowest BCUT2D eigenvalue weighted by Gasteiger charge is -2.35. The molecule has 0 saturated carbocycles. The van der Waals surface area contributed by atoms with E-state index in [9.17, 15) is 0 Å². The Bertz CT molecular complexity index is 246. The Kier molecular flexibility index (Phi) is 5.63. The fraction of sp³-hybridized carbons (Fsp3) is 1.00. The summed E-state index contributed by atoms with van der Waals surface area (Å²) in [6, 6.07) is 0.603. The summed E-state index contributed by atoms with van der Waals surface area (Å²) in [5, 5.41) is 7.27. The molecule has 2 N–H and O–H groups in total. The molecule has 3 nitrogen and oxygen atoms in total. The third kappa shape index (κ3) is 6.17. The zero-order valence-electron chi connectivity index (χ0n) is 13.3. The monoisotopic (exact) mass is 255 g/mol. The molecule has 3 heteroatoms. The molecule has 0 aromatic rings. The van der Waals surface area contributed by atoms with Gasteiger partial charge in [-0.2, -0.15) is 0 Å². The molecule has 1 aliphatic heterocycles. The highest BCUT2D eigenvalue weighted by atomic mass is 15.2. The fourth-order valence-electron chi connectivity index (χ4n) is 2.98. The Balaban J connectivity index is 2.38. The van der Waals surface area contributed by atoms with Crippen LogP contribution in [0.1, 0.15) is 54.4 Å². The molecule has 0 spiro atoms. The smallest absolute Gasteiger partial charge is 0.0257 e. The van der Waals surface area contributed by atoms with Crippen molar-refractivity contribution in [3.8, 4) is 0 Å². The minimum absolute atomic E-state index is 0.214. The lowest BCUT2D eigenvalue weighted by molar-refractivity contribution is 0.222. The van der Waals surface area contributed by atoms with Crippen LogP contribution in [0, 0.1) is 0 Å². The highest BCUT2D eigenvalue weighted by Crippen LogP contribution is 2.21. The highest BCUT2D eigenvalue weighted by molar-refractivity contribution is 4.94. The SMILES string of the molecule is CC(C)NCCCN1CCC(C)(C)NC(C)(C)C1. The van der Waals surface area contributed by atoms with Crippen molar-refractivity contribution in [3.05, 3.63) is 0 Å². The van der Waals surface area contributed by atoms with Crippen LogP contribution in [-0.2, 0) is 0 Å². The zero-order valence-corrected chi connectivity index (χ0v) is 13.3. The van der Waals surface area contributed by atoms with Crippen LogP contribution in [0.2, 0.25) is 0 Å². The predicted molar refractivity (Wildman–Crippen MR) is 80.1 cm³/mol. The van der Waals surface area contributed by atoms with E-state index in [-0.39, 0.29) is 11.1 Å². The topological polar surface area (TPSA) is 27.3 Å². The summed E-state index contributed by atoms with van der Waals surface area (Å²) in [5.41, 5.74) is 0.472. The van der Waals surface area contributed by atoms with Gasteiger partial charge in [0.15, 0.2) is 0 Å². The molecule has 1 saturated heterocycles. The molecule has 0 radical (unpaired) electrons. The van der Waals surface area contributed by atoms with Crippen LogP contribution in [0.25, 0.3) is 0 Å². The van der Waals surface area contributed by atoms with E-state index in [2.05, 4.69) is 57.1 Å². The van der Waals surface area contributed by atoms with Gasteiger partial charge < -0.3 is 15.5 Å². The van der Waals surface area contributed by atoms with Gasteiger partial charge in [-0.15, -0.1) is 0 Å². The third-order valence-electron chi connectivity index (χ3n) is 3.55. The van der Waals surface area contributed by atoms with Crippen LogP contribution in [0.5, 0.6) is 0 Å². The van der Waals surface area contributed by atoms with Crippen molar-refractivity contribution in [2.75, 3.05) is 26.2 Å². The number of hydrogen-bond acceptors (Lipinski definition) is 3. The van der Waals surface area contributed by atoms with Crippen molar-refractivity contribution in [2.24, 2.45) is 0 Å². The van der Waals surface area contributed by atoms with Crippen molar-refractivity contribution in [3.63, 3.8) is 0 Å². The second-order valence-electron chi connectivity index (χ2n) is 7.38. The van der Waals surface area contributed by atoms with Crippen LogP contribution >= 0.6 is 0 Å². The van der Waals surface area contributed by atoms with Gasteiger partial charge in [0, 0.05) is 23.7 Å². The Morgan fingerprint density at radius 3 is 2.44 bits per heavy atom. The average Bonchev–Trinajstić information content (AvgIpc) is 2.27. The Hall–Kier alpha value is -0.120. The molecule has 1 aliphatic rings. The minimum Gasteiger partial charge on any atom is -0.314 e. The van der Waals surface area contributed by atoms with Crippen molar-refractivity contribution in [1.82, 2.24) is 15.5 Å². The number of rotatable bonds is 5. The second kappa shape index (κ2) is 6.36. The van der Waals surface area contributed by atoms with Gasteiger partial charge in [-0.25, -0.2) is 0 Å². The van der Waals surface area contributed by atoms with Crippen LogP contribution in [-0.4, -0.2) is 48.2 Å². The second-order valence-corrected chi connectivity index (χ2v) is 7.38. The molecular weight excluding hydrogens is 222 g/mol. The van der Waals surface area contributed by atoms with Crippen LogP contribution in [0.3, 0.4) is 0 Å². The van der Waals surface area contributed by atoms with E-state index in [0.717, 1.165) is 13.1 Å². The van der Waals surface area contributed by atoms with Crippen molar-refractivity contribution in [1.29, 1.82) is 0 Å². The van der Waals surface area contributed by atoms with Gasteiger partial charge >= 0.3 is 0 Å². The molecule has 1 rings (SSSR count). The largest absolute Gasteiger partial charge is 0.314 e. The molecule has 0 aromatic carbocycles. The molecule has 0 bridgehead atoms. The van der Waals surface area contributed by atoms with Crippen molar-refractivity contribution < 1.29 is 0 Å². The summed E-state index contributed by atoms with van der Waals surface area (Å²) in [5.74, 6) is 0. The summed E-state index contributed by atoms with van der Waals surface area (Å²) in [6.45, 7) is 18.4. The maximum Gasteiger partial charge on any atom is 0.0257 e. The van der Waals surface area contributed by atoms with Gasteiger partial charge in [0.1, 0.15) is 0 Å². The minimum atomic E-state index is 0.214. The first-order valence-corrected chi connectivity index (χ1v) is 7.45. The fourth-order valence-corrected chi connectivity index (χ4v) is 2.98. The van der Waals surface area contributed by atoms with Gasteiger partial charge in [-0.3, -0.25) is 0 Å². The Morgan fingerprint density at radius 2 is 1.83 bits per heavy atom. The molecule has 0 aliphatic carbocycles. The van der Waals surface area contributed by atoms with E-state index in [4.69, 9.17) is 0 Å². The number of hydrogen-bond donors (Lipinski definition) is 2. The van der Waals surface area contributed by atoms with Crippen LogP contribution in [0.4, 0.5) is 0 Å². The molecule has 0 amide bonds. The summed E-state index contributed by atoms with van der Waals surface area (Å²) >= 11 is 0. The first-order valence-electron chi connectivity index (χ1n) is 7.45. The van der Waals surface area contributed by atoms with Crippen LogP contribution in [0.15, 0.2) is 0 Å². The quantitative estimate of drug-likeness (QED) is 0.738. The number of nitrogens with one attached hydrogen (secondary N) is 2. The molecule has 0 unspecified atom stereocenters. The van der Waals surface area contributed by atoms with Gasteiger partial charge in [-0.1, -0.05) is 13.8 Å². The van der Waals surface area contributed by atoms with Crippen LogP contribution < -0.4 is 10.6 Å². The zero-order chi connectivity index (χ0) is 13.8. The maximum atomic E-state index is 3.78. The van der Waals surface area contributed by atoms with E-state index in [1.807, 2.05) is 0 Å². The van der Waals surface area contributed by atoms with Crippen molar-refractivity contribution in [2.45, 2.75) is 71.5 Å². The van der Waals surface area contributed by atoms with Gasteiger partial charge in [0.25, 0.3) is 0 Å². The van der Waals surface area contributed by atoms with Crippen molar-refractivity contribution >= 4 is 0 Å². The molecule has 0 aromatic heterocycles. The standard InChI is InChI=1S/C15H33N3/c1-13(2)16-9-7-10-18-11-8-14(3,4)17-15(5,6)12-18/h13,16-17H,7-12H2,1-6H3. The van der Waals surface area contributed by atoms with Gasteiger partial charge in [0.05, 0.1) is 0 Å². The summed E-state index contributed by atoms with van der Waals surface area (Å²) in [7, 11) is 0. The lowest BCUT2D eigenvalue weighted by Crippen LogP contribution is -2.53. The highest BCUT2D eigenvalue weighted by Gasteiger charge is 2.32. The predicted octanol–water partition coefficient (Wildman–Crippen LogP) is 2.23. The first kappa shape index (κ1) is 15.9. The normalized spacial score (nSPS) is 24.2. The van der Waals surface area contributed by atoms with Gasteiger partial charge in [0.2, 0.25) is 0 Å². The third-order valence-corrected chi connectivity index (χ3v) is 3.55. The molecule has 1 fully saturated rings. The summed E-state index contributed by atoms with van der Waals surface area (Å²) < 4.78 is 0. The summed E-state index contributed by atoms with van der Waals surface area (Å²) in [4.78, 5) is 2.61. The molecular formula is C15H33N3. The van der Waals surface area contributed by atoms with E-state index < -0.39 is 0 Å². The van der Waals surface area contributed by atoms with E-state index in [1.165, 1.54) is 25.9 Å².